The highest BCUT2D eigenvalue weighted by Gasteiger charge is 2.11. The lowest BCUT2D eigenvalue weighted by Gasteiger charge is -2.12. The van der Waals surface area contributed by atoms with Crippen molar-refractivity contribution in [2.24, 2.45) is 0 Å². The monoisotopic (exact) mass is 470 g/mol. The Balaban J connectivity index is 1.69. The van der Waals surface area contributed by atoms with Gasteiger partial charge in [0.05, 0.1) is 30.8 Å². The van der Waals surface area contributed by atoms with Crippen molar-refractivity contribution >= 4 is 63.6 Å². The third-order valence-electron chi connectivity index (χ3n) is 3.89. The number of halogens is 3. The molecule has 0 atom stereocenters. The van der Waals surface area contributed by atoms with Gasteiger partial charge in [0.15, 0.2) is 10.9 Å². The number of hydrogen-bond donors (Lipinski definition) is 2. The zero-order chi connectivity index (χ0) is 21.0. The van der Waals surface area contributed by atoms with E-state index in [-0.39, 0.29) is 0 Å². The second-order valence-corrected chi connectivity index (χ2v) is 7.58. The predicted molar refractivity (Wildman–Crippen MR) is 122 cm³/mol. The van der Waals surface area contributed by atoms with Gasteiger partial charge >= 0.3 is 0 Å². The zero-order valence-electron chi connectivity index (χ0n) is 15.5. The fraction of sp³-hybridized carbons (Fsp3) is 0.158. The summed E-state index contributed by atoms with van der Waals surface area (Å²) in [5.41, 5.74) is 1.64. The molecule has 2 aromatic carbocycles. The summed E-state index contributed by atoms with van der Waals surface area (Å²) < 4.78 is 12.2. The summed E-state index contributed by atoms with van der Waals surface area (Å²) >= 11 is 23.7. The third-order valence-corrected chi connectivity index (χ3v) is 5.11. The summed E-state index contributed by atoms with van der Waals surface area (Å²) in [5.74, 6) is 1.70. The van der Waals surface area contributed by atoms with Crippen molar-refractivity contribution in [3.63, 3.8) is 0 Å². The molecule has 1 aromatic heterocycles. The molecule has 0 unspecified atom stereocenters. The summed E-state index contributed by atoms with van der Waals surface area (Å²) in [7, 11) is 3.16. The van der Waals surface area contributed by atoms with E-state index < -0.39 is 0 Å². The fourth-order valence-corrected chi connectivity index (χ4v) is 3.27. The maximum Gasteiger partial charge on any atom is 0.176 e. The smallest absolute Gasteiger partial charge is 0.176 e. The summed E-state index contributed by atoms with van der Waals surface area (Å²) in [5, 5.41) is 12.2. The molecule has 0 bridgehead atoms. The number of hydrogen-bond acceptors (Lipinski definition) is 4. The Kier molecular flexibility index (Phi) is 7.08. The van der Waals surface area contributed by atoms with Gasteiger partial charge in [0.25, 0.3) is 0 Å². The SMILES string of the molecule is COc1cc(NC(=S)Nc2nn(Cc3ccc(Cl)c(Cl)c3)cc2Cl)cc(OC)c1. The van der Waals surface area contributed by atoms with E-state index in [9.17, 15) is 0 Å². The lowest BCUT2D eigenvalue weighted by atomic mass is 10.2. The summed E-state index contributed by atoms with van der Waals surface area (Å²) in [4.78, 5) is 0. The highest BCUT2D eigenvalue weighted by atomic mass is 35.5. The molecule has 0 spiro atoms. The number of nitrogens with zero attached hydrogens (tertiary/aromatic N) is 2. The van der Waals surface area contributed by atoms with Crippen LogP contribution in [-0.4, -0.2) is 29.1 Å². The van der Waals surface area contributed by atoms with Gasteiger partial charge in [0.1, 0.15) is 16.5 Å². The number of thiocarbonyl (C=S) groups is 1. The van der Waals surface area contributed by atoms with Crippen LogP contribution in [0.3, 0.4) is 0 Å². The molecule has 0 saturated heterocycles. The Morgan fingerprint density at radius 3 is 2.28 bits per heavy atom. The first-order valence-corrected chi connectivity index (χ1v) is 9.90. The Hall–Kier alpha value is -2.19. The fourth-order valence-electron chi connectivity index (χ4n) is 2.54. The second kappa shape index (κ2) is 9.54. The minimum Gasteiger partial charge on any atom is -0.497 e. The molecule has 0 aliphatic rings. The molecule has 2 N–H and O–H groups in total. The van der Waals surface area contributed by atoms with Crippen LogP contribution in [0.25, 0.3) is 0 Å². The maximum atomic E-state index is 6.29. The Morgan fingerprint density at radius 1 is 0.966 bits per heavy atom. The van der Waals surface area contributed by atoms with Crippen LogP contribution in [-0.2, 0) is 6.54 Å². The lowest BCUT2D eigenvalue weighted by molar-refractivity contribution is 0.395. The topological polar surface area (TPSA) is 60.3 Å². The Bertz CT molecular complexity index is 1020. The van der Waals surface area contributed by atoms with E-state index in [1.807, 2.05) is 6.07 Å². The van der Waals surface area contributed by atoms with Gasteiger partial charge in [-0.15, -0.1) is 0 Å². The quantitative estimate of drug-likeness (QED) is 0.449. The molecule has 3 rings (SSSR count). The van der Waals surface area contributed by atoms with Gasteiger partial charge in [0.2, 0.25) is 0 Å². The summed E-state index contributed by atoms with van der Waals surface area (Å²) in [6, 6.07) is 10.8. The number of methoxy groups -OCH3 is 2. The number of anilines is 2. The van der Waals surface area contributed by atoms with Crippen LogP contribution in [0.4, 0.5) is 11.5 Å². The predicted octanol–water partition coefficient (Wildman–Crippen LogP) is 5.72. The molecule has 3 aromatic rings. The summed E-state index contributed by atoms with van der Waals surface area (Å²) in [6.07, 6.45) is 1.70. The molecule has 0 aliphatic carbocycles. The van der Waals surface area contributed by atoms with Gasteiger partial charge in [-0.25, -0.2) is 0 Å². The number of benzene rings is 2. The van der Waals surface area contributed by atoms with Crippen LogP contribution in [0.15, 0.2) is 42.6 Å². The third kappa shape index (κ3) is 5.67. The van der Waals surface area contributed by atoms with Crippen molar-refractivity contribution < 1.29 is 9.47 Å². The molecule has 0 amide bonds. The van der Waals surface area contributed by atoms with Gasteiger partial charge < -0.3 is 20.1 Å². The molecule has 0 radical (unpaired) electrons. The molecule has 10 heteroatoms. The zero-order valence-corrected chi connectivity index (χ0v) is 18.6. The number of nitrogens with one attached hydrogen (secondary N) is 2. The molecule has 0 aliphatic heterocycles. The van der Waals surface area contributed by atoms with Gasteiger partial charge in [-0.2, -0.15) is 5.10 Å². The first-order valence-electron chi connectivity index (χ1n) is 8.36. The molecule has 0 saturated carbocycles. The van der Waals surface area contributed by atoms with Crippen LogP contribution >= 0.6 is 47.0 Å². The van der Waals surface area contributed by atoms with E-state index in [1.165, 1.54) is 0 Å². The van der Waals surface area contributed by atoms with E-state index in [2.05, 4.69) is 15.7 Å². The van der Waals surface area contributed by atoms with Gasteiger partial charge in [-0.05, 0) is 29.9 Å². The van der Waals surface area contributed by atoms with Gasteiger partial charge in [0, 0.05) is 30.1 Å². The van der Waals surface area contributed by atoms with E-state index >= 15 is 0 Å². The van der Waals surface area contributed by atoms with E-state index in [1.54, 1.807) is 55.4 Å². The van der Waals surface area contributed by atoms with Crippen molar-refractivity contribution in [2.45, 2.75) is 6.54 Å². The first kappa shape index (κ1) is 21.5. The molecule has 6 nitrogen and oxygen atoms in total. The average molecular weight is 472 g/mol. The molecule has 29 heavy (non-hydrogen) atoms. The largest absolute Gasteiger partial charge is 0.497 e. The first-order chi connectivity index (χ1) is 13.9. The summed E-state index contributed by atoms with van der Waals surface area (Å²) in [6.45, 7) is 0.478. The van der Waals surface area contributed by atoms with E-state index in [0.29, 0.717) is 49.7 Å². The Labute approximate surface area is 188 Å². The molecule has 1 heterocycles. The van der Waals surface area contributed by atoms with Crippen LogP contribution in [0.2, 0.25) is 15.1 Å². The van der Waals surface area contributed by atoms with Gasteiger partial charge in [-0.3, -0.25) is 4.68 Å². The minimum atomic E-state index is 0.321. The molecular weight excluding hydrogens is 455 g/mol. The van der Waals surface area contributed by atoms with Gasteiger partial charge in [-0.1, -0.05) is 40.9 Å². The van der Waals surface area contributed by atoms with E-state index in [4.69, 9.17) is 56.5 Å². The van der Waals surface area contributed by atoms with Crippen LogP contribution < -0.4 is 20.1 Å². The number of rotatable bonds is 6. The highest BCUT2D eigenvalue weighted by molar-refractivity contribution is 7.80. The van der Waals surface area contributed by atoms with Crippen LogP contribution in [0.5, 0.6) is 11.5 Å². The molecule has 0 fully saturated rings. The van der Waals surface area contributed by atoms with Crippen molar-refractivity contribution in [1.29, 1.82) is 0 Å². The molecule has 152 valence electrons. The Morgan fingerprint density at radius 2 is 1.66 bits per heavy atom. The number of aromatic nitrogens is 2. The minimum absolute atomic E-state index is 0.321. The van der Waals surface area contributed by atoms with Crippen molar-refractivity contribution in [3.05, 3.63) is 63.2 Å². The highest BCUT2D eigenvalue weighted by Crippen LogP contribution is 2.27. The lowest BCUT2D eigenvalue weighted by Crippen LogP contribution is -2.19. The van der Waals surface area contributed by atoms with Crippen LogP contribution in [0, 0.1) is 0 Å². The maximum absolute atomic E-state index is 6.29. The second-order valence-electron chi connectivity index (χ2n) is 5.95. The average Bonchev–Trinajstić information content (AvgIpc) is 3.02. The van der Waals surface area contributed by atoms with E-state index in [0.717, 1.165) is 5.56 Å². The van der Waals surface area contributed by atoms with Crippen LogP contribution in [0.1, 0.15) is 5.56 Å². The van der Waals surface area contributed by atoms with Crippen molar-refractivity contribution in [1.82, 2.24) is 9.78 Å². The normalized spacial score (nSPS) is 10.5. The molecular formula is C19H17Cl3N4O2S. The standard InChI is InChI=1S/C19H17Cl3N4O2S/c1-27-13-6-12(7-14(8-13)28-2)23-19(29)24-18-17(22)10-26(25-18)9-11-3-4-15(20)16(21)5-11/h3-8,10H,9H2,1-2H3,(H2,23,24,25,29). The van der Waals surface area contributed by atoms with Crippen molar-refractivity contribution in [3.8, 4) is 11.5 Å². The number of ether oxygens (including phenoxy) is 2. The van der Waals surface area contributed by atoms with Crippen molar-refractivity contribution in [2.75, 3.05) is 24.9 Å².